The lowest BCUT2D eigenvalue weighted by Crippen LogP contribution is -1.94. The molecule has 1 aromatic carbocycles. The first-order valence-electron chi connectivity index (χ1n) is 5.53. The van der Waals surface area contributed by atoms with E-state index in [4.69, 9.17) is 19.7 Å². The van der Waals surface area contributed by atoms with Crippen LogP contribution in [0.1, 0.15) is 11.3 Å². The number of hydrogen-bond acceptors (Lipinski definition) is 5. The zero-order valence-corrected chi connectivity index (χ0v) is 10.9. The van der Waals surface area contributed by atoms with Gasteiger partial charge < -0.3 is 19.7 Å². The third kappa shape index (κ3) is 1.88. The fourth-order valence-corrected chi connectivity index (χ4v) is 1.80. The molecule has 2 aromatic rings. The molecule has 0 atom stereocenters. The molecule has 0 unspecified atom stereocenters. The van der Waals surface area contributed by atoms with Crippen molar-refractivity contribution >= 4 is 5.69 Å². The van der Waals surface area contributed by atoms with E-state index in [1.807, 2.05) is 19.1 Å². The van der Waals surface area contributed by atoms with E-state index in [0.29, 0.717) is 28.6 Å². The number of nitrogens with two attached hydrogens (primary N) is 1. The molecule has 0 aliphatic rings. The van der Waals surface area contributed by atoms with Crippen LogP contribution in [0.25, 0.3) is 11.3 Å². The average Bonchev–Trinajstić information content (AvgIpc) is 2.70. The van der Waals surface area contributed by atoms with Crippen LogP contribution in [-0.2, 0) is 0 Å². The molecule has 0 aliphatic heterocycles. The van der Waals surface area contributed by atoms with Gasteiger partial charge in [0.15, 0.2) is 17.3 Å². The molecule has 96 valence electrons. The Hall–Kier alpha value is -2.17. The Kier molecular flexibility index (Phi) is 3.14. The third-order valence-corrected chi connectivity index (χ3v) is 2.88. The molecule has 5 nitrogen and oxygen atoms in total. The Balaban J connectivity index is 2.61. The van der Waals surface area contributed by atoms with Crippen LogP contribution in [0.4, 0.5) is 5.69 Å². The molecule has 0 saturated heterocycles. The molecular formula is C13H16N2O3. The Labute approximate surface area is 105 Å². The summed E-state index contributed by atoms with van der Waals surface area (Å²) < 4.78 is 15.8. The van der Waals surface area contributed by atoms with E-state index in [1.165, 1.54) is 0 Å². The second-order valence-electron chi connectivity index (χ2n) is 4.03. The summed E-state index contributed by atoms with van der Waals surface area (Å²) in [6, 6.07) is 3.72. The largest absolute Gasteiger partial charge is 0.493 e. The van der Waals surface area contributed by atoms with E-state index in [9.17, 15) is 0 Å². The van der Waals surface area contributed by atoms with Crippen molar-refractivity contribution < 1.29 is 14.0 Å². The topological polar surface area (TPSA) is 70.5 Å². The van der Waals surface area contributed by atoms with Crippen LogP contribution in [0.5, 0.6) is 11.5 Å². The van der Waals surface area contributed by atoms with E-state index >= 15 is 0 Å². The summed E-state index contributed by atoms with van der Waals surface area (Å²) in [6.45, 7) is 3.76. The summed E-state index contributed by atoms with van der Waals surface area (Å²) in [6.07, 6.45) is 0. The van der Waals surface area contributed by atoms with Gasteiger partial charge in [-0.05, 0) is 31.5 Å². The maximum absolute atomic E-state index is 5.94. The molecule has 1 heterocycles. The smallest absolute Gasteiger partial charge is 0.190 e. The lowest BCUT2D eigenvalue weighted by molar-refractivity contribution is 0.354. The number of nitrogens with zero attached hydrogens (tertiary/aromatic N) is 1. The minimum absolute atomic E-state index is 0.547. The second-order valence-corrected chi connectivity index (χ2v) is 4.03. The van der Waals surface area contributed by atoms with E-state index in [0.717, 1.165) is 11.1 Å². The molecule has 5 heteroatoms. The maximum Gasteiger partial charge on any atom is 0.190 e. The molecule has 0 spiro atoms. The van der Waals surface area contributed by atoms with Crippen LogP contribution in [0, 0.1) is 13.8 Å². The van der Waals surface area contributed by atoms with Gasteiger partial charge in [-0.3, -0.25) is 0 Å². The van der Waals surface area contributed by atoms with Crippen LogP contribution < -0.4 is 15.2 Å². The van der Waals surface area contributed by atoms with E-state index in [2.05, 4.69) is 5.16 Å². The Bertz CT molecular complexity index is 576. The van der Waals surface area contributed by atoms with Crippen molar-refractivity contribution in [3.63, 3.8) is 0 Å². The second kappa shape index (κ2) is 4.60. The maximum atomic E-state index is 5.94. The summed E-state index contributed by atoms with van der Waals surface area (Å²) >= 11 is 0. The van der Waals surface area contributed by atoms with Crippen LogP contribution >= 0.6 is 0 Å². The van der Waals surface area contributed by atoms with Gasteiger partial charge in [-0.15, -0.1) is 0 Å². The monoisotopic (exact) mass is 248 g/mol. The molecule has 0 aliphatic carbocycles. The summed E-state index contributed by atoms with van der Waals surface area (Å²) in [5.74, 6) is 1.87. The molecule has 2 rings (SSSR count). The zero-order chi connectivity index (χ0) is 13.3. The number of ether oxygens (including phenoxy) is 2. The molecular weight excluding hydrogens is 232 g/mol. The van der Waals surface area contributed by atoms with Gasteiger partial charge in [-0.25, -0.2) is 0 Å². The van der Waals surface area contributed by atoms with Crippen LogP contribution in [0.2, 0.25) is 0 Å². The van der Waals surface area contributed by atoms with E-state index in [-0.39, 0.29) is 0 Å². The minimum Gasteiger partial charge on any atom is -0.493 e. The van der Waals surface area contributed by atoms with Crippen molar-refractivity contribution in [2.24, 2.45) is 0 Å². The Morgan fingerprint density at radius 3 is 2.22 bits per heavy atom. The first-order valence-corrected chi connectivity index (χ1v) is 5.53. The lowest BCUT2D eigenvalue weighted by Gasteiger charge is -2.11. The number of nitrogen functional groups attached to an aromatic ring is 1. The first-order chi connectivity index (χ1) is 8.58. The summed E-state index contributed by atoms with van der Waals surface area (Å²) in [5, 5.41) is 3.86. The van der Waals surface area contributed by atoms with Gasteiger partial charge in [0, 0.05) is 5.56 Å². The fourth-order valence-electron chi connectivity index (χ4n) is 1.80. The number of hydrogen-bond donors (Lipinski definition) is 1. The summed E-state index contributed by atoms with van der Waals surface area (Å²) in [7, 11) is 3.19. The molecule has 0 radical (unpaired) electrons. The van der Waals surface area contributed by atoms with E-state index < -0.39 is 0 Å². The zero-order valence-electron chi connectivity index (χ0n) is 10.9. The average molecular weight is 248 g/mol. The van der Waals surface area contributed by atoms with Gasteiger partial charge >= 0.3 is 0 Å². The van der Waals surface area contributed by atoms with Gasteiger partial charge in [0.2, 0.25) is 0 Å². The number of aryl methyl sites for hydroxylation is 2. The van der Waals surface area contributed by atoms with Crippen molar-refractivity contribution in [1.82, 2.24) is 5.16 Å². The SMILES string of the molecule is COc1cc(C)c(-c2onc(C)c2N)cc1OC. The summed E-state index contributed by atoms with van der Waals surface area (Å²) in [4.78, 5) is 0. The van der Waals surface area contributed by atoms with Gasteiger partial charge in [0.25, 0.3) is 0 Å². The molecule has 0 fully saturated rings. The van der Waals surface area contributed by atoms with Crippen molar-refractivity contribution in [3.8, 4) is 22.8 Å². The van der Waals surface area contributed by atoms with Crippen LogP contribution in [0.15, 0.2) is 16.7 Å². The first kappa shape index (κ1) is 12.3. The third-order valence-electron chi connectivity index (χ3n) is 2.88. The molecule has 1 aromatic heterocycles. The number of methoxy groups -OCH3 is 2. The molecule has 2 N–H and O–H groups in total. The normalized spacial score (nSPS) is 10.4. The van der Waals surface area contributed by atoms with Crippen molar-refractivity contribution in [1.29, 1.82) is 0 Å². The highest BCUT2D eigenvalue weighted by molar-refractivity contribution is 5.76. The van der Waals surface area contributed by atoms with Gasteiger partial charge in [-0.1, -0.05) is 5.16 Å². The number of benzene rings is 1. The molecule has 0 saturated carbocycles. The van der Waals surface area contributed by atoms with Crippen LogP contribution in [-0.4, -0.2) is 19.4 Å². The van der Waals surface area contributed by atoms with Crippen molar-refractivity contribution in [3.05, 3.63) is 23.4 Å². The number of anilines is 1. The quantitative estimate of drug-likeness (QED) is 0.903. The van der Waals surface area contributed by atoms with Crippen molar-refractivity contribution in [2.45, 2.75) is 13.8 Å². The molecule has 0 bridgehead atoms. The van der Waals surface area contributed by atoms with Crippen molar-refractivity contribution in [2.75, 3.05) is 20.0 Å². The van der Waals surface area contributed by atoms with Gasteiger partial charge in [0.1, 0.15) is 11.4 Å². The fraction of sp³-hybridized carbons (Fsp3) is 0.308. The predicted molar refractivity (Wildman–Crippen MR) is 68.9 cm³/mol. The summed E-state index contributed by atoms with van der Waals surface area (Å²) in [5.41, 5.74) is 9.00. The molecule has 0 amide bonds. The predicted octanol–water partition coefficient (Wildman–Crippen LogP) is 2.56. The standard InChI is InChI=1S/C13H16N2O3/c1-7-5-10(16-3)11(17-4)6-9(7)13-12(14)8(2)15-18-13/h5-6H,14H2,1-4H3. The van der Waals surface area contributed by atoms with Crippen LogP contribution in [0.3, 0.4) is 0 Å². The van der Waals surface area contributed by atoms with E-state index in [1.54, 1.807) is 21.1 Å². The molecule has 18 heavy (non-hydrogen) atoms. The highest BCUT2D eigenvalue weighted by atomic mass is 16.5. The lowest BCUT2D eigenvalue weighted by atomic mass is 10.0. The number of rotatable bonds is 3. The Morgan fingerprint density at radius 2 is 1.72 bits per heavy atom. The highest BCUT2D eigenvalue weighted by Gasteiger charge is 2.17. The van der Waals surface area contributed by atoms with Gasteiger partial charge in [-0.2, -0.15) is 0 Å². The Morgan fingerprint density at radius 1 is 1.11 bits per heavy atom. The van der Waals surface area contributed by atoms with Gasteiger partial charge in [0.05, 0.1) is 14.2 Å². The minimum atomic E-state index is 0.547. The number of aromatic nitrogens is 1. The highest BCUT2D eigenvalue weighted by Crippen LogP contribution is 2.38.